The van der Waals surface area contributed by atoms with Gasteiger partial charge in [-0.15, -0.1) is 0 Å². The van der Waals surface area contributed by atoms with E-state index in [9.17, 15) is 4.79 Å². The first-order chi connectivity index (χ1) is 10.4. The third-order valence-electron chi connectivity index (χ3n) is 3.86. The van der Waals surface area contributed by atoms with Crippen LogP contribution >= 0.6 is 27.8 Å². The van der Waals surface area contributed by atoms with Crippen molar-refractivity contribution in [3.05, 3.63) is 59.6 Å². The van der Waals surface area contributed by atoms with E-state index in [2.05, 4.69) is 0 Å². The van der Waals surface area contributed by atoms with Crippen molar-refractivity contribution in [2.45, 2.75) is 0 Å². The summed E-state index contributed by atoms with van der Waals surface area (Å²) in [5, 5.41) is 1.72. The second-order valence-electron chi connectivity index (χ2n) is 5.06. The van der Waals surface area contributed by atoms with E-state index in [4.69, 9.17) is 22.8 Å². The van der Waals surface area contributed by atoms with E-state index in [1.807, 2.05) is 54.6 Å². The minimum absolute atomic E-state index is 0.0349. The SMILES string of the molecule is CN1C(=O)N(C)P1(Cl)([Se]c1ccc(Cl)cc1)c1ccccc1. The number of halogens is 2. The molecule has 0 unspecified atom stereocenters. The second kappa shape index (κ2) is 5.40. The summed E-state index contributed by atoms with van der Waals surface area (Å²) in [5.41, 5.74) is 0. The van der Waals surface area contributed by atoms with Crippen molar-refractivity contribution in [3.63, 3.8) is 0 Å². The molecule has 1 fully saturated rings. The van der Waals surface area contributed by atoms with Crippen molar-refractivity contribution in [3.8, 4) is 0 Å². The van der Waals surface area contributed by atoms with Gasteiger partial charge in [0.2, 0.25) is 0 Å². The molecule has 3 rings (SSSR count). The summed E-state index contributed by atoms with van der Waals surface area (Å²) < 4.78 is 4.62. The van der Waals surface area contributed by atoms with Crippen LogP contribution in [0.5, 0.6) is 0 Å². The standard InChI is InChI=1S/C15H15Cl2N2OPSe/c1-18-15(20)19(2)21(18,17,13-6-4-3-5-7-13)22-14-10-8-12(16)9-11-14/h3-11H,1-2H3. The van der Waals surface area contributed by atoms with Gasteiger partial charge in [-0.3, -0.25) is 0 Å². The van der Waals surface area contributed by atoms with Crippen molar-refractivity contribution in [1.82, 2.24) is 9.34 Å². The zero-order chi connectivity index (χ0) is 16.0. The van der Waals surface area contributed by atoms with Gasteiger partial charge in [-0.05, 0) is 0 Å². The second-order valence-corrected chi connectivity index (χ2v) is 18.9. The Morgan fingerprint density at radius 2 is 1.50 bits per heavy atom. The summed E-state index contributed by atoms with van der Waals surface area (Å²) in [5.74, 6) is 0. The first kappa shape index (κ1) is 16.1. The third-order valence-corrected chi connectivity index (χ3v) is 19.6. The number of hydrogen-bond acceptors (Lipinski definition) is 1. The predicted octanol–water partition coefficient (Wildman–Crippen LogP) is 3.44. The Hall–Kier alpha value is -0.761. The van der Waals surface area contributed by atoms with E-state index in [-0.39, 0.29) is 20.5 Å². The predicted molar refractivity (Wildman–Crippen MR) is 96.6 cm³/mol. The Labute approximate surface area is 145 Å². The van der Waals surface area contributed by atoms with Gasteiger partial charge < -0.3 is 0 Å². The van der Waals surface area contributed by atoms with Crippen molar-refractivity contribution in [2.24, 2.45) is 0 Å². The molecule has 0 spiro atoms. The van der Waals surface area contributed by atoms with Crippen LogP contribution in [-0.2, 0) is 0 Å². The van der Waals surface area contributed by atoms with E-state index in [1.165, 1.54) is 0 Å². The van der Waals surface area contributed by atoms with Crippen molar-refractivity contribution >= 4 is 58.1 Å². The van der Waals surface area contributed by atoms with Crippen LogP contribution in [0.4, 0.5) is 4.79 Å². The molecule has 0 aromatic heterocycles. The fourth-order valence-corrected chi connectivity index (χ4v) is 15.3. The van der Waals surface area contributed by atoms with Crippen molar-refractivity contribution in [2.75, 3.05) is 14.1 Å². The number of hydrogen-bond donors (Lipinski definition) is 0. The van der Waals surface area contributed by atoms with Crippen molar-refractivity contribution in [1.29, 1.82) is 0 Å². The topological polar surface area (TPSA) is 23.6 Å². The number of urea groups is 1. The molecule has 0 atom stereocenters. The van der Waals surface area contributed by atoms with Gasteiger partial charge in [-0.1, -0.05) is 0 Å². The molecule has 3 nitrogen and oxygen atoms in total. The van der Waals surface area contributed by atoms with E-state index >= 15 is 0 Å². The number of rotatable bonds is 3. The normalized spacial score (nSPS) is 20.9. The molecular weight excluding hydrogens is 405 g/mol. The Balaban J connectivity index is 2.13. The zero-order valence-electron chi connectivity index (χ0n) is 12.1. The van der Waals surface area contributed by atoms with Gasteiger partial charge in [-0.25, -0.2) is 0 Å². The van der Waals surface area contributed by atoms with Crippen LogP contribution in [0.1, 0.15) is 0 Å². The maximum atomic E-state index is 12.2. The monoisotopic (exact) mass is 420 g/mol. The van der Waals surface area contributed by atoms with E-state index in [0.717, 1.165) is 9.77 Å². The fraction of sp³-hybridized carbons (Fsp3) is 0.133. The summed E-state index contributed by atoms with van der Waals surface area (Å²) in [7, 11) is 3.61. The molecule has 1 heterocycles. The average molecular weight is 420 g/mol. The average Bonchev–Trinajstić information content (AvgIpc) is 2.56. The molecule has 116 valence electrons. The summed E-state index contributed by atoms with van der Waals surface area (Å²) in [6.45, 7) is 0. The molecule has 2 amide bonds. The Morgan fingerprint density at radius 1 is 0.955 bits per heavy atom. The molecule has 1 aliphatic rings. The van der Waals surface area contributed by atoms with E-state index in [1.54, 1.807) is 23.4 Å². The third kappa shape index (κ3) is 2.10. The fourth-order valence-electron chi connectivity index (χ4n) is 2.55. The van der Waals surface area contributed by atoms with Gasteiger partial charge in [-0.2, -0.15) is 0 Å². The molecule has 2 aromatic rings. The number of carbonyl (C=O) groups excluding carboxylic acids is 1. The van der Waals surface area contributed by atoms with Crippen LogP contribution in [0.25, 0.3) is 0 Å². The first-order valence-corrected chi connectivity index (χ1v) is 13.1. The Kier molecular flexibility index (Phi) is 3.96. The zero-order valence-corrected chi connectivity index (χ0v) is 16.2. The molecule has 22 heavy (non-hydrogen) atoms. The molecule has 1 aliphatic heterocycles. The molecule has 0 radical (unpaired) electrons. The van der Waals surface area contributed by atoms with Crippen LogP contribution in [0.15, 0.2) is 54.6 Å². The van der Waals surface area contributed by atoms with Gasteiger partial charge in [0.25, 0.3) is 0 Å². The van der Waals surface area contributed by atoms with Crippen LogP contribution in [-0.4, -0.2) is 44.0 Å². The Bertz CT molecular complexity index is 714. The van der Waals surface area contributed by atoms with Crippen LogP contribution < -0.4 is 9.77 Å². The summed E-state index contributed by atoms with van der Waals surface area (Å²) >= 11 is 13.2. The molecule has 7 heteroatoms. The summed E-state index contributed by atoms with van der Waals surface area (Å²) in [6, 6.07) is 17.6. The van der Waals surface area contributed by atoms with E-state index in [0.29, 0.717) is 5.02 Å². The van der Waals surface area contributed by atoms with Crippen molar-refractivity contribution < 1.29 is 4.79 Å². The minimum atomic E-state index is -3.13. The van der Waals surface area contributed by atoms with Gasteiger partial charge in [0.15, 0.2) is 0 Å². The molecular formula is C15H15Cl2N2OPSe. The number of nitrogens with zero attached hydrogens (tertiary/aromatic N) is 2. The molecule has 0 N–H and O–H groups in total. The molecule has 0 aliphatic carbocycles. The number of benzene rings is 2. The van der Waals surface area contributed by atoms with Gasteiger partial charge in [0.1, 0.15) is 0 Å². The Morgan fingerprint density at radius 3 is 2.05 bits per heavy atom. The quantitative estimate of drug-likeness (QED) is 0.552. The summed E-state index contributed by atoms with van der Waals surface area (Å²) in [4.78, 5) is 9.05. The van der Waals surface area contributed by atoms with Crippen LogP contribution in [0.3, 0.4) is 0 Å². The molecule has 0 saturated carbocycles. The summed E-state index contributed by atoms with van der Waals surface area (Å²) in [6.07, 6.45) is 0. The molecule has 0 bridgehead atoms. The number of amides is 2. The maximum absolute atomic E-state index is 12.2. The van der Waals surface area contributed by atoms with E-state index < -0.39 is 4.95 Å². The van der Waals surface area contributed by atoms with Crippen LogP contribution in [0.2, 0.25) is 5.02 Å². The van der Waals surface area contributed by atoms with Crippen LogP contribution in [0, 0.1) is 0 Å². The van der Waals surface area contributed by atoms with Gasteiger partial charge in [0, 0.05) is 0 Å². The molecule has 2 aromatic carbocycles. The van der Waals surface area contributed by atoms with Gasteiger partial charge in [0.05, 0.1) is 0 Å². The van der Waals surface area contributed by atoms with Gasteiger partial charge >= 0.3 is 146 Å². The first-order valence-electron chi connectivity index (χ1n) is 6.65. The number of carbonyl (C=O) groups is 1. The molecule has 1 saturated heterocycles.